The number of amides is 1. The number of fused-ring (bicyclic) bond motifs is 1. The molecule has 1 unspecified atom stereocenters. The monoisotopic (exact) mass is 297 g/mol. The molecule has 0 bridgehead atoms. The molecule has 1 aromatic rings. The molecule has 0 spiro atoms. The average Bonchev–Trinajstić information content (AvgIpc) is 2.44. The van der Waals surface area contributed by atoms with E-state index in [1.54, 1.807) is 25.1 Å². The van der Waals surface area contributed by atoms with Gasteiger partial charge in [-0.05, 0) is 31.5 Å². The van der Waals surface area contributed by atoms with Crippen molar-refractivity contribution in [1.82, 2.24) is 0 Å². The van der Waals surface area contributed by atoms with E-state index in [2.05, 4.69) is 0 Å². The van der Waals surface area contributed by atoms with Crippen LogP contribution >= 0.6 is 11.6 Å². The van der Waals surface area contributed by atoms with Crippen LogP contribution in [0, 0.1) is 0 Å². The summed E-state index contributed by atoms with van der Waals surface area (Å²) in [7, 11) is 0. The minimum absolute atomic E-state index is 0.00267. The number of rotatable bonds is 5. The van der Waals surface area contributed by atoms with E-state index < -0.39 is 5.38 Å². The van der Waals surface area contributed by atoms with Gasteiger partial charge in [-0.3, -0.25) is 9.59 Å². The van der Waals surface area contributed by atoms with E-state index in [1.807, 2.05) is 0 Å². The number of benzene rings is 1. The SMILES string of the molecule is CC(Cl)C(=O)c1ccc2c(c1)N(CCCO)C(=O)CO2. The number of hydrogen-bond donors (Lipinski definition) is 1. The molecule has 1 aromatic carbocycles. The second-order valence-corrected chi connectivity index (χ2v) is 5.23. The van der Waals surface area contributed by atoms with Crippen LogP contribution in [0.5, 0.6) is 5.75 Å². The summed E-state index contributed by atoms with van der Waals surface area (Å²) >= 11 is 5.80. The van der Waals surface area contributed by atoms with E-state index in [4.69, 9.17) is 21.4 Å². The first-order valence-electron chi connectivity index (χ1n) is 6.41. The van der Waals surface area contributed by atoms with Gasteiger partial charge < -0.3 is 14.7 Å². The Morgan fingerprint density at radius 2 is 2.30 bits per heavy atom. The van der Waals surface area contributed by atoms with Crippen molar-refractivity contribution in [3.8, 4) is 5.75 Å². The number of carbonyl (C=O) groups excluding carboxylic acids is 2. The first-order chi connectivity index (χ1) is 9.54. The highest BCUT2D eigenvalue weighted by molar-refractivity contribution is 6.33. The summed E-state index contributed by atoms with van der Waals surface area (Å²) in [5.41, 5.74) is 0.997. The minimum Gasteiger partial charge on any atom is -0.482 e. The first-order valence-corrected chi connectivity index (χ1v) is 6.84. The second-order valence-electron chi connectivity index (χ2n) is 4.57. The molecule has 1 heterocycles. The van der Waals surface area contributed by atoms with E-state index in [-0.39, 0.29) is 24.9 Å². The molecule has 1 amide bonds. The van der Waals surface area contributed by atoms with Gasteiger partial charge in [-0.15, -0.1) is 11.6 Å². The van der Waals surface area contributed by atoms with Gasteiger partial charge in [0.25, 0.3) is 5.91 Å². The van der Waals surface area contributed by atoms with Gasteiger partial charge >= 0.3 is 0 Å². The molecule has 0 radical (unpaired) electrons. The maximum absolute atomic E-state index is 11.9. The first kappa shape index (κ1) is 14.8. The minimum atomic E-state index is -0.626. The molecular formula is C14H16ClNO4. The Morgan fingerprint density at radius 1 is 1.55 bits per heavy atom. The van der Waals surface area contributed by atoms with E-state index >= 15 is 0 Å². The number of carbonyl (C=O) groups is 2. The van der Waals surface area contributed by atoms with Crippen LogP contribution < -0.4 is 9.64 Å². The average molecular weight is 298 g/mol. The largest absolute Gasteiger partial charge is 0.482 e. The lowest BCUT2D eigenvalue weighted by Gasteiger charge is -2.29. The van der Waals surface area contributed by atoms with Crippen molar-refractivity contribution in [2.75, 3.05) is 24.7 Å². The lowest BCUT2D eigenvalue weighted by atomic mass is 10.1. The van der Waals surface area contributed by atoms with Gasteiger partial charge in [0.15, 0.2) is 12.4 Å². The van der Waals surface area contributed by atoms with E-state index in [9.17, 15) is 9.59 Å². The Bertz CT molecular complexity index is 530. The number of nitrogens with zero attached hydrogens (tertiary/aromatic N) is 1. The fraction of sp³-hybridized carbons (Fsp3) is 0.429. The summed E-state index contributed by atoms with van der Waals surface area (Å²) in [4.78, 5) is 25.3. The number of aliphatic hydroxyl groups excluding tert-OH is 1. The number of aliphatic hydroxyl groups is 1. The summed E-state index contributed by atoms with van der Waals surface area (Å²) in [5, 5.41) is 8.28. The molecule has 1 aliphatic rings. The number of anilines is 1. The molecule has 0 aliphatic carbocycles. The Hall–Kier alpha value is -1.59. The number of ether oxygens (including phenoxy) is 1. The molecule has 6 heteroatoms. The fourth-order valence-corrected chi connectivity index (χ4v) is 2.19. The third kappa shape index (κ3) is 2.94. The normalized spacial score (nSPS) is 15.6. The van der Waals surface area contributed by atoms with Gasteiger partial charge in [-0.25, -0.2) is 0 Å². The van der Waals surface area contributed by atoms with Gasteiger partial charge in [0.2, 0.25) is 0 Å². The molecule has 5 nitrogen and oxygen atoms in total. The molecule has 20 heavy (non-hydrogen) atoms. The fourth-order valence-electron chi connectivity index (χ4n) is 2.06. The predicted molar refractivity (Wildman–Crippen MR) is 75.6 cm³/mol. The van der Waals surface area contributed by atoms with Crippen molar-refractivity contribution >= 4 is 29.0 Å². The van der Waals surface area contributed by atoms with E-state index in [0.29, 0.717) is 30.0 Å². The Kier molecular flexibility index (Phi) is 4.62. The van der Waals surface area contributed by atoms with Crippen molar-refractivity contribution in [2.45, 2.75) is 18.7 Å². The highest BCUT2D eigenvalue weighted by atomic mass is 35.5. The molecular weight excluding hydrogens is 282 g/mol. The number of alkyl halides is 1. The molecule has 1 atom stereocenters. The van der Waals surface area contributed by atoms with Crippen LogP contribution in [0.4, 0.5) is 5.69 Å². The summed E-state index contributed by atoms with van der Waals surface area (Å²) < 4.78 is 5.34. The number of Topliss-reactive ketones (excluding diaryl/α,β-unsaturated/α-hetero) is 1. The van der Waals surface area contributed by atoms with Crippen LogP contribution in [0.1, 0.15) is 23.7 Å². The molecule has 108 valence electrons. The summed E-state index contributed by atoms with van der Waals surface area (Å²) in [6, 6.07) is 4.92. The van der Waals surface area contributed by atoms with Crippen LogP contribution in [-0.4, -0.2) is 41.9 Å². The van der Waals surface area contributed by atoms with Crippen molar-refractivity contribution in [1.29, 1.82) is 0 Å². The van der Waals surface area contributed by atoms with Crippen LogP contribution in [0.25, 0.3) is 0 Å². The smallest absolute Gasteiger partial charge is 0.265 e. The van der Waals surface area contributed by atoms with Gasteiger partial charge in [0.05, 0.1) is 11.1 Å². The summed E-state index contributed by atoms with van der Waals surface area (Å²) in [6.07, 6.45) is 0.468. The van der Waals surface area contributed by atoms with Crippen LogP contribution in [-0.2, 0) is 4.79 Å². The van der Waals surface area contributed by atoms with Crippen molar-refractivity contribution in [3.05, 3.63) is 23.8 Å². The summed E-state index contributed by atoms with van der Waals surface area (Å²) in [5.74, 6) is 0.172. The lowest BCUT2D eigenvalue weighted by Crippen LogP contribution is -2.39. The maximum Gasteiger partial charge on any atom is 0.265 e. The molecule has 1 N–H and O–H groups in total. The van der Waals surface area contributed by atoms with Crippen molar-refractivity contribution in [3.63, 3.8) is 0 Å². The third-order valence-corrected chi connectivity index (χ3v) is 3.29. The molecule has 2 rings (SSSR count). The topological polar surface area (TPSA) is 66.8 Å². The van der Waals surface area contributed by atoms with Crippen LogP contribution in [0.15, 0.2) is 18.2 Å². The molecule has 0 aromatic heterocycles. The Morgan fingerprint density at radius 3 is 2.95 bits per heavy atom. The molecule has 0 fully saturated rings. The predicted octanol–water partition coefficient (Wildman–Crippen LogP) is 1.60. The van der Waals surface area contributed by atoms with Crippen LogP contribution in [0.3, 0.4) is 0 Å². The standard InChI is InChI=1S/C14H16ClNO4/c1-9(15)14(19)10-3-4-12-11(7-10)16(5-2-6-17)13(18)8-20-12/h3-4,7,9,17H,2,5-6,8H2,1H3. The molecule has 1 aliphatic heterocycles. The zero-order valence-corrected chi connectivity index (χ0v) is 11.9. The van der Waals surface area contributed by atoms with Gasteiger partial charge in [0.1, 0.15) is 5.75 Å². The maximum atomic E-state index is 11.9. The summed E-state index contributed by atoms with van der Waals surface area (Å²) in [6.45, 7) is 1.96. The third-order valence-electron chi connectivity index (χ3n) is 3.09. The highest BCUT2D eigenvalue weighted by Gasteiger charge is 2.26. The number of halogens is 1. The van der Waals surface area contributed by atoms with Crippen LogP contribution in [0.2, 0.25) is 0 Å². The second kappa shape index (κ2) is 6.24. The van der Waals surface area contributed by atoms with Gasteiger partial charge in [-0.1, -0.05) is 0 Å². The van der Waals surface area contributed by atoms with Gasteiger partial charge in [-0.2, -0.15) is 0 Å². The van der Waals surface area contributed by atoms with Gasteiger partial charge in [0, 0.05) is 18.7 Å². The zero-order chi connectivity index (χ0) is 14.7. The molecule has 0 saturated heterocycles. The Balaban J connectivity index is 2.35. The van der Waals surface area contributed by atoms with E-state index in [1.165, 1.54) is 4.90 Å². The number of hydrogen-bond acceptors (Lipinski definition) is 4. The highest BCUT2D eigenvalue weighted by Crippen LogP contribution is 2.33. The molecule has 0 saturated carbocycles. The Labute approximate surface area is 122 Å². The quantitative estimate of drug-likeness (QED) is 0.662. The number of ketones is 1. The zero-order valence-electron chi connectivity index (χ0n) is 11.1. The van der Waals surface area contributed by atoms with E-state index in [0.717, 1.165) is 0 Å². The lowest BCUT2D eigenvalue weighted by molar-refractivity contribution is -0.121. The van der Waals surface area contributed by atoms with Crippen molar-refractivity contribution < 1.29 is 19.4 Å². The van der Waals surface area contributed by atoms with Crippen molar-refractivity contribution in [2.24, 2.45) is 0 Å².